The van der Waals surface area contributed by atoms with Crippen LogP contribution in [0.2, 0.25) is 0 Å². The summed E-state index contributed by atoms with van der Waals surface area (Å²) in [5, 5.41) is 2.52. The zero-order valence-electron chi connectivity index (χ0n) is 16.1. The van der Waals surface area contributed by atoms with E-state index in [1.807, 2.05) is 73.0 Å². The second-order valence-electron chi connectivity index (χ2n) is 6.77. The molecule has 0 saturated carbocycles. The molecular weight excluding hydrogens is 382 g/mol. The Bertz CT molecular complexity index is 1180. The number of rotatable bonds is 6. The number of aromatic nitrogens is 2. The highest BCUT2D eigenvalue weighted by atomic mass is 32.1. The first-order valence-corrected chi connectivity index (χ1v) is 10.4. The van der Waals surface area contributed by atoms with Crippen molar-refractivity contribution in [3.8, 4) is 11.1 Å². The smallest absolute Gasteiger partial charge is 0.263 e. The first-order valence-electron chi connectivity index (χ1n) is 9.51. The van der Waals surface area contributed by atoms with Gasteiger partial charge in [0.05, 0.1) is 11.7 Å². The van der Waals surface area contributed by atoms with E-state index in [1.165, 1.54) is 22.2 Å². The highest BCUT2D eigenvalue weighted by Crippen LogP contribution is 2.30. The fourth-order valence-electron chi connectivity index (χ4n) is 3.34. The Morgan fingerprint density at radius 1 is 1.07 bits per heavy atom. The van der Waals surface area contributed by atoms with Gasteiger partial charge in [-0.05, 0) is 18.1 Å². The van der Waals surface area contributed by atoms with Gasteiger partial charge >= 0.3 is 0 Å². The Balaban J connectivity index is 1.63. The van der Waals surface area contributed by atoms with Crippen LogP contribution in [0.5, 0.6) is 0 Å². The van der Waals surface area contributed by atoms with E-state index in [0.29, 0.717) is 23.3 Å². The van der Waals surface area contributed by atoms with Crippen molar-refractivity contribution in [2.45, 2.75) is 20.0 Å². The number of likely N-dealkylation sites (N-methyl/N-ethyl adjacent to an activating group) is 1. The fourth-order valence-corrected chi connectivity index (χ4v) is 4.24. The SMILES string of the molecule is CCN(Cc1ccccc1)C(=O)Cn1cnc2scc(-c3ccccc3)c2c1=O. The third-order valence-electron chi connectivity index (χ3n) is 4.90. The molecule has 6 heteroatoms. The average molecular weight is 404 g/mol. The van der Waals surface area contributed by atoms with Crippen molar-refractivity contribution in [2.24, 2.45) is 0 Å². The van der Waals surface area contributed by atoms with Crippen molar-refractivity contribution in [3.63, 3.8) is 0 Å². The van der Waals surface area contributed by atoms with E-state index >= 15 is 0 Å². The number of fused-ring (bicyclic) bond motifs is 1. The Kier molecular flexibility index (Phi) is 5.53. The monoisotopic (exact) mass is 403 g/mol. The highest BCUT2D eigenvalue weighted by Gasteiger charge is 2.17. The number of hydrogen-bond donors (Lipinski definition) is 0. The van der Waals surface area contributed by atoms with Crippen molar-refractivity contribution in [1.82, 2.24) is 14.5 Å². The minimum absolute atomic E-state index is 0.0213. The lowest BCUT2D eigenvalue weighted by Crippen LogP contribution is -2.36. The minimum Gasteiger partial charge on any atom is -0.337 e. The van der Waals surface area contributed by atoms with Crippen LogP contribution in [-0.2, 0) is 17.9 Å². The van der Waals surface area contributed by atoms with Crippen LogP contribution in [-0.4, -0.2) is 26.9 Å². The van der Waals surface area contributed by atoms with Gasteiger partial charge in [0.1, 0.15) is 11.4 Å². The summed E-state index contributed by atoms with van der Waals surface area (Å²) in [7, 11) is 0. The van der Waals surface area contributed by atoms with Crippen LogP contribution in [0.1, 0.15) is 12.5 Å². The Morgan fingerprint density at radius 3 is 2.45 bits per heavy atom. The number of hydrogen-bond acceptors (Lipinski definition) is 4. The van der Waals surface area contributed by atoms with Gasteiger partial charge in [-0.2, -0.15) is 0 Å². The lowest BCUT2D eigenvalue weighted by molar-refractivity contribution is -0.132. The molecule has 0 N–H and O–H groups in total. The molecule has 2 aromatic carbocycles. The summed E-state index contributed by atoms with van der Waals surface area (Å²) in [6, 6.07) is 19.6. The molecule has 29 heavy (non-hydrogen) atoms. The molecule has 0 unspecified atom stereocenters. The first-order chi connectivity index (χ1) is 14.2. The van der Waals surface area contributed by atoms with Gasteiger partial charge in [-0.1, -0.05) is 60.7 Å². The highest BCUT2D eigenvalue weighted by molar-refractivity contribution is 7.17. The average Bonchev–Trinajstić information content (AvgIpc) is 3.20. The summed E-state index contributed by atoms with van der Waals surface area (Å²) in [5.41, 5.74) is 2.72. The minimum atomic E-state index is -0.181. The van der Waals surface area contributed by atoms with Crippen molar-refractivity contribution >= 4 is 27.5 Å². The number of carbonyl (C=O) groups is 1. The van der Waals surface area contributed by atoms with Crippen LogP contribution in [0.15, 0.2) is 77.2 Å². The molecule has 0 aliphatic carbocycles. The maximum absolute atomic E-state index is 13.1. The van der Waals surface area contributed by atoms with Crippen molar-refractivity contribution in [2.75, 3.05) is 6.54 Å². The topological polar surface area (TPSA) is 55.2 Å². The van der Waals surface area contributed by atoms with E-state index in [2.05, 4.69) is 4.98 Å². The van der Waals surface area contributed by atoms with Gasteiger partial charge in [-0.25, -0.2) is 4.98 Å². The lowest BCUT2D eigenvalue weighted by atomic mass is 10.1. The number of benzene rings is 2. The second kappa shape index (κ2) is 8.41. The van der Waals surface area contributed by atoms with Gasteiger partial charge in [0, 0.05) is 24.0 Å². The van der Waals surface area contributed by atoms with Crippen LogP contribution < -0.4 is 5.56 Å². The summed E-state index contributed by atoms with van der Waals surface area (Å²) in [6.07, 6.45) is 1.48. The molecule has 1 amide bonds. The molecule has 0 saturated heterocycles. The maximum Gasteiger partial charge on any atom is 0.263 e. The van der Waals surface area contributed by atoms with Crippen molar-refractivity contribution < 1.29 is 4.79 Å². The van der Waals surface area contributed by atoms with Gasteiger partial charge in [0.2, 0.25) is 5.91 Å². The summed E-state index contributed by atoms with van der Waals surface area (Å²) in [6.45, 7) is 3.02. The summed E-state index contributed by atoms with van der Waals surface area (Å²) < 4.78 is 1.41. The summed E-state index contributed by atoms with van der Waals surface area (Å²) >= 11 is 1.44. The molecule has 5 nitrogen and oxygen atoms in total. The molecule has 2 aromatic heterocycles. The summed E-state index contributed by atoms with van der Waals surface area (Å²) in [4.78, 5) is 32.9. The second-order valence-corrected chi connectivity index (χ2v) is 7.62. The van der Waals surface area contributed by atoms with Gasteiger partial charge in [-0.15, -0.1) is 11.3 Å². The molecule has 0 radical (unpaired) electrons. The summed E-state index contributed by atoms with van der Waals surface area (Å²) in [5.74, 6) is -0.101. The zero-order chi connectivity index (χ0) is 20.2. The molecule has 0 aliphatic rings. The molecule has 4 rings (SSSR count). The molecule has 0 atom stereocenters. The molecule has 0 fully saturated rings. The fraction of sp³-hybridized carbons (Fsp3) is 0.174. The quantitative estimate of drug-likeness (QED) is 0.485. The lowest BCUT2D eigenvalue weighted by Gasteiger charge is -2.21. The number of nitrogens with zero attached hydrogens (tertiary/aromatic N) is 3. The molecule has 0 bridgehead atoms. The zero-order valence-corrected chi connectivity index (χ0v) is 16.9. The number of carbonyl (C=O) groups excluding carboxylic acids is 1. The third-order valence-corrected chi connectivity index (χ3v) is 5.79. The molecule has 146 valence electrons. The Labute approximate surface area is 172 Å². The van der Waals surface area contributed by atoms with E-state index < -0.39 is 0 Å². The predicted octanol–water partition coefficient (Wildman–Crippen LogP) is 4.17. The number of amides is 1. The van der Waals surface area contributed by atoms with Crippen LogP contribution in [0.25, 0.3) is 21.3 Å². The van der Waals surface area contributed by atoms with Gasteiger partial charge in [0.25, 0.3) is 5.56 Å². The van der Waals surface area contributed by atoms with E-state index in [9.17, 15) is 9.59 Å². The molecular formula is C23H21N3O2S. The first kappa shape index (κ1) is 19.1. The normalized spacial score (nSPS) is 10.9. The van der Waals surface area contributed by atoms with Crippen LogP contribution in [0.4, 0.5) is 0 Å². The van der Waals surface area contributed by atoms with Crippen molar-refractivity contribution in [1.29, 1.82) is 0 Å². The van der Waals surface area contributed by atoms with Gasteiger partial charge in [0.15, 0.2) is 0 Å². The van der Waals surface area contributed by atoms with Crippen LogP contribution in [0.3, 0.4) is 0 Å². The van der Waals surface area contributed by atoms with E-state index in [1.54, 1.807) is 4.90 Å². The molecule has 4 aromatic rings. The third kappa shape index (κ3) is 3.98. The van der Waals surface area contributed by atoms with Crippen LogP contribution in [0, 0.1) is 0 Å². The predicted molar refractivity (Wildman–Crippen MR) is 117 cm³/mol. The van der Waals surface area contributed by atoms with Crippen molar-refractivity contribution in [3.05, 3.63) is 88.3 Å². The largest absolute Gasteiger partial charge is 0.337 e. The maximum atomic E-state index is 13.1. The Morgan fingerprint density at radius 2 is 1.76 bits per heavy atom. The van der Waals surface area contributed by atoms with Gasteiger partial charge < -0.3 is 4.90 Å². The van der Waals surface area contributed by atoms with Gasteiger partial charge in [-0.3, -0.25) is 14.2 Å². The van der Waals surface area contributed by atoms with E-state index in [4.69, 9.17) is 0 Å². The van der Waals surface area contributed by atoms with Crippen LogP contribution >= 0.6 is 11.3 Å². The molecule has 2 heterocycles. The number of thiophene rings is 1. The molecule has 0 aliphatic heterocycles. The standard InChI is InChI=1S/C23H21N3O2S/c1-2-25(13-17-9-5-3-6-10-17)20(27)14-26-16-24-22-21(23(26)28)19(15-29-22)18-11-7-4-8-12-18/h3-12,15-16H,2,13-14H2,1H3. The molecule has 0 spiro atoms. The Hall–Kier alpha value is -3.25. The van der Waals surface area contributed by atoms with E-state index in [-0.39, 0.29) is 18.0 Å². The van der Waals surface area contributed by atoms with E-state index in [0.717, 1.165) is 16.7 Å².